The minimum atomic E-state index is -1.29. The quantitative estimate of drug-likeness (QED) is 0.432. The summed E-state index contributed by atoms with van der Waals surface area (Å²) in [7, 11) is 0.0158. The Morgan fingerprint density at radius 1 is 1.15 bits per heavy atom. The van der Waals surface area contributed by atoms with Gasteiger partial charge in [-0.05, 0) is 33.2 Å². The van der Waals surface area contributed by atoms with E-state index in [4.69, 9.17) is 14.2 Å². The van der Waals surface area contributed by atoms with Crippen molar-refractivity contribution in [2.24, 2.45) is 5.92 Å². The second-order valence-corrected chi connectivity index (χ2v) is 14.8. The van der Waals surface area contributed by atoms with Crippen LogP contribution in [-0.4, -0.2) is 69.6 Å². The fraction of sp³-hybridized carbons (Fsp3) is 0.833. The van der Waals surface area contributed by atoms with Crippen LogP contribution in [0, 0.1) is 5.92 Å². The van der Waals surface area contributed by atoms with Crippen molar-refractivity contribution in [3.8, 4) is 0 Å². The molecule has 2 atom stereocenters. The number of carbonyl (C=O) groups excluding carboxylic acids is 3. The van der Waals surface area contributed by atoms with E-state index in [1.165, 1.54) is 12.0 Å². The van der Waals surface area contributed by atoms with Crippen LogP contribution in [0.1, 0.15) is 27.2 Å². The molecule has 156 valence electrons. The van der Waals surface area contributed by atoms with E-state index in [0.717, 1.165) is 6.04 Å². The molecule has 1 heterocycles. The summed E-state index contributed by atoms with van der Waals surface area (Å²) in [6.07, 6.45) is -0.669. The smallest absolute Gasteiger partial charge is 0.410 e. The first-order valence-corrected chi connectivity index (χ1v) is 13.0. The van der Waals surface area contributed by atoms with Gasteiger partial charge in [0.05, 0.1) is 25.7 Å². The highest BCUT2D eigenvalue weighted by Crippen LogP contribution is 2.21. The van der Waals surface area contributed by atoms with Crippen molar-refractivity contribution >= 4 is 26.2 Å². The van der Waals surface area contributed by atoms with Gasteiger partial charge in [0, 0.05) is 21.2 Å². The van der Waals surface area contributed by atoms with Gasteiger partial charge in [0.25, 0.3) is 0 Å². The maximum absolute atomic E-state index is 12.4. The third-order valence-electron chi connectivity index (χ3n) is 4.04. The molecule has 0 spiro atoms. The van der Waals surface area contributed by atoms with Gasteiger partial charge >= 0.3 is 18.2 Å². The largest absolute Gasteiger partial charge is 0.469 e. The number of esters is 1. The molecule has 1 fully saturated rings. The number of likely N-dealkylation sites (tertiary alicyclic amines) is 1. The maximum Gasteiger partial charge on any atom is 0.410 e. The van der Waals surface area contributed by atoms with Crippen LogP contribution in [-0.2, 0) is 19.0 Å². The van der Waals surface area contributed by atoms with Gasteiger partial charge in [-0.15, -0.1) is 0 Å². The standard InChI is InChI=1S/C18H34N2O6Si/c1-18(2,3)26-17(23)20-11-13(15(21)24-4)10-14(12-20)19-16(22)25-8-9-27(5,6)7/h13-14H,8-12H2,1-7H3,(H,19,22)/t13-,14+/m0/s1. The third kappa shape index (κ3) is 9.12. The molecule has 0 aromatic heterocycles. The van der Waals surface area contributed by atoms with Crippen LogP contribution < -0.4 is 5.32 Å². The average Bonchev–Trinajstić information content (AvgIpc) is 2.50. The first kappa shape index (κ1) is 23.3. The summed E-state index contributed by atoms with van der Waals surface area (Å²) in [5.74, 6) is -0.939. The molecule has 0 aromatic carbocycles. The van der Waals surface area contributed by atoms with E-state index in [9.17, 15) is 14.4 Å². The first-order chi connectivity index (χ1) is 12.3. The van der Waals surface area contributed by atoms with E-state index in [0.29, 0.717) is 13.0 Å². The van der Waals surface area contributed by atoms with Crippen molar-refractivity contribution in [3.63, 3.8) is 0 Å². The molecule has 0 unspecified atom stereocenters. The van der Waals surface area contributed by atoms with E-state index < -0.39 is 43.8 Å². The lowest BCUT2D eigenvalue weighted by atomic mass is 9.94. The SMILES string of the molecule is COC(=O)[C@H]1C[C@@H](NC(=O)OCC[Si](C)(C)C)CN(C(=O)OC(C)(C)C)C1. The van der Waals surface area contributed by atoms with Crippen LogP contribution in [0.3, 0.4) is 0 Å². The number of nitrogens with one attached hydrogen (secondary N) is 1. The van der Waals surface area contributed by atoms with Gasteiger partial charge in [-0.3, -0.25) is 4.79 Å². The molecular weight excluding hydrogens is 368 g/mol. The van der Waals surface area contributed by atoms with Crippen molar-refractivity contribution in [1.29, 1.82) is 0 Å². The Morgan fingerprint density at radius 2 is 1.78 bits per heavy atom. The molecule has 1 saturated heterocycles. The number of ether oxygens (including phenoxy) is 3. The van der Waals surface area contributed by atoms with Gasteiger partial charge < -0.3 is 24.4 Å². The predicted octanol–water partition coefficient (Wildman–Crippen LogP) is 2.85. The normalized spacial score (nSPS) is 20.6. The minimum Gasteiger partial charge on any atom is -0.469 e. The molecule has 1 N–H and O–H groups in total. The van der Waals surface area contributed by atoms with E-state index >= 15 is 0 Å². The Balaban J connectivity index is 2.70. The zero-order valence-electron chi connectivity index (χ0n) is 17.6. The number of hydrogen-bond donors (Lipinski definition) is 1. The predicted molar refractivity (Wildman–Crippen MR) is 104 cm³/mol. The fourth-order valence-electron chi connectivity index (χ4n) is 2.67. The zero-order valence-corrected chi connectivity index (χ0v) is 18.6. The number of methoxy groups -OCH3 is 1. The highest BCUT2D eigenvalue weighted by molar-refractivity contribution is 6.76. The van der Waals surface area contributed by atoms with Crippen LogP contribution in [0.4, 0.5) is 9.59 Å². The maximum atomic E-state index is 12.4. The van der Waals surface area contributed by atoms with Crippen molar-refractivity contribution in [3.05, 3.63) is 0 Å². The molecule has 2 amide bonds. The van der Waals surface area contributed by atoms with Crippen LogP contribution in [0.2, 0.25) is 25.7 Å². The summed E-state index contributed by atoms with van der Waals surface area (Å²) in [5, 5.41) is 2.76. The lowest BCUT2D eigenvalue weighted by Gasteiger charge is -2.37. The van der Waals surface area contributed by atoms with Gasteiger partial charge in [-0.2, -0.15) is 0 Å². The number of alkyl carbamates (subject to hydrolysis) is 1. The molecule has 9 heteroatoms. The van der Waals surface area contributed by atoms with Crippen molar-refractivity contribution in [2.45, 2.75) is 64.5 Å². The summed E-state index contributed by atoms with van der Waals surface area (Å²) in [5.41, 5.74) is -0.645. The Morgan fingerprint density at radius 3 is 2.30 bits per heavy atom. The summed E-state index contributed by atoms with van der Waals surface area (Å²) >= 11 is 0. The number of rotatable bonds is 5. The molecule has 0 bridgehead atoms. The minimum absolute atomic E-state index is 0.199. The highest BCUT2D eigenvalue weighted by atomic mass is 28.3. The van der Waals surface area contributed by atoms with E-state index in [2.05, 4.69) is 25.0 Å². The third-order valence-corrected chi connectivity index (χ3v) is 5.75. The lowest BCUT2D eigenvalue weighted by molar-refractivity contribution is -0.147. The molecular formula is C18H34N2O6Si. The Kier molecular flexibility index (Phi) is 8.13. The molecule has 0 saturated carbocycles. The zero-order chi connectivity index (χ0) is 20.8. The summed E-state index contributed by atoms with van der Waals surface area (Å²) in [4.78, 5) is 37.9. The Hall–Kier alpha value is -1.77. The van der Waals surface area contributed by atoms with Gasteiger partial charge in [0.15, 0.2) is 0 Å². The number of amides is 2. The highest BCUT2D eigenvalue weighted by Gasteiger charge is 2.37. The van der Waals surface area contributed by atoms with Crippen LogP contribution in [0.15, 0.2) is 0 Å². The topological polar surface area (TPSA) is 94.2 Å². The van der Waals surface area contributed by atoms with Crippen LogP contribution in [0.5, 0.6) is 0 Å². The monoisotopic (exact) mass is 402 g/mol. The molecule has 8 nitrogen and oxygen atoms in total. The molecule has 1 aliphatic heterocycles. The van der Waals surface area contributed by atoms with Gasteiger partial charge in [-0.25, -0.2) is 9.59 Å². The second-order valence-electron chi connectivity index (χ2n) is 9.13. The van der Waals surface area contributed by atoms with Gasteiger partial charge in [-0.1, -0.05) is 19.6 Å². The summed E-state index contributed by atoms with van der Waals surface area (Å²) in [6, 6.07) is 0.467. The molecule has 27 heavy (non-hydrogen) atoms. The van der Waals surface area contributed by atoms with E-state index in [-0.39, 0.29) is 13.1 Å². The number of hydrogen-bond acceptors (Lipinski definition) is 6. The van der Waals surface area contributed by atoms with E-state index in [1.807, 2.05) is 0 Å². The molecule has 0 aromatic rings. The first-order valence-electron chi connectivity index (χ1n) is 9.30. The van der Waals surface area contributed by atoms with Gasteiger partial charge in [0.2, 0.25) is 0 Å². The number of piperidine rings is 1. The summed E-state index contributed by atoms with van der Waals surface area (Å²) in [6.45, 7) is 12.8. The summed E-state index contributed by atoms with van der Waals surface area (Å²) < 4.78 is 15.5. The fourth-order valence-corrected chi connectivity index (χ4v) is 3.39. The molecule has 1 aliphatic rings. The van der Waals surface area contributed by atoms with Crippen molar-refractivity contribution in [1.82, 2.24) is 10.2 Å². The van der Waals surface area contributed by atoms with E-state index in [1.54, 1.807) is 20.8 Å². The molecule has 0 aliphatic carbocycles. The second kappa shape index (κ2) is 9.43. The van der Waals surface area contributed by atoms with Crippen molar-refractivity contribution in [2.75, 3.05) is 26.8 Å². The average molecular weight is 403 g/mol. The Labute approximate surface area is 162 Å². The lowest BCUT2D eigenvalue weighted by Crippen LogP contribution is -2.55. The van der Waals surface area contributed by atoms with Crippen LogP contribution in [0.25, 0.3) is 0 Å². The Bertz CT molecular complexity index is 541. The number of carbonyl (C=O) groups is 3. The van der Waals surface area contributed by atoms with Gasteiger partial charge in [0.1, 0.15) is 5.60 Å². The van der Waals surface area contributed by atoms with Crippen LogP contribution >= 0.6 is 0 Å². The number of nitrogens with zero attached hydrogens (tertiary/aromatic N) is 1. The molecule has 1 rings (SSSR count). The molecule has 0 radical (unpaired) electrons. The van der Waals surface area contributed by atoms with Crippen molar-refractivity contribution < 1.29 is 28.6 Å².